The molecule has 0 saturated carbocycles. The number of esters is 1. The molecule has 1 rings (SSSR count). The summed E-state index contributed by atoms with van der Waals surface area (Å²) in [4.78, 5) is 38.3. The van der Waals surface area contributed by atoms with E-state index < -0.39 is 17.7 Å². The number of rotatable bonds is 5. The summed E-state index contributed by atoms with van der Waals surface area (Å²) in [6, 6.07) is 3.00. The van der Waals surface area contributed by atoms with Crippen LogP contribution < -0.4 is 0 Å². The monoisotopic (exact) mass is 235 g/mol. The lowest BCUT2D eigenvalue weighted by atomic mass is 9.94. The first-order chi connectivity index (χ1) is 8.06. The Balaban J connectivity index is 2.94. The third kappa shape index (κ3) is 3.48. The number of carbonyl (C=O) groups excluding carboxylic acids is 3. The van der Waals surface area contributed by atoms with Gasteiger partial charge in [0.2, 0.25) is 0 Å². The van der Waals surface area contributed by atoms with Crippen molar-refractivity contribution in [3.8, 4) is 0 Å². The van der Waals surface area contributed by atoms with Gasteiger partial charge in [0.1, 0.15) is 11.7 Å². The lowest BCUT2D eigenvalue weighted by Crippen LogP contribution is -2.27. The molecule has 0 bridgehead atoms. The summed E-state index contributed by atoms with van der Waals surface area (Å²) >= 11 is 0. The zero-order chi connectivity index (χ0) is 12.8. The molecule has 1 heterocycles. The second-order valence-electron chi connectivity index (χ2n) is 3.58. The van der Waals surface area contributed by atoms with Crippen molar-refractivity contribution in [1.29, 1.82) is 0 Å². The predicted octanol–water partition coefficient (Wildman–Crippen LogP) is 1.03. The van der Waals surface area contributed by atoms with Crippen molar-refractivity contribution < 1.29 is 19.1 Å². The molecule has 90 valence electrons. The number of pyridine rings is 1. The van der Waals surface area contributed by atoms with Gasteiger partial charge in [0.05, 0.1) is 7.11 Å². The molecular weight excluding hydrogens is 222 g/mol. The lowest BCUT2D eigenvalue weighted by molar-refractivity contribution is -0.145. The van der Waals surface area contributed by atoms with Gasteiger partial charge in [-0.2, -0.15) is 0 Å². The average molecular weight is 235 g/mol. The second kappa shape index (κ2) is 5.89. The number of Topliss-reactive ketones (excluding diaryl/α,β-unsaturated/α-hetero) is 2. The highest BCUT2D eigenvalue weighted by Gasteiger charge is 2.29. The molecule has 0 aliphatic heterocycles. The number of nitrogens with zero attached hydrogens (tertiary/aromatic N) is 1. The Bertz CT molecular complexity index is 427. The second-order valence-corrected chi connectivity index (χ2v) is 3.58. The molecule has 0 spiro atoms. The Morgan fingerprint density at radius 2 is 1.88 bits per heavy atom. The molecule has 0 N–H and O–H groups in total. The Morgan fingerprint density at radius 1 is 1.29 bits per heavy atom. The number of aromatic nitrogens is 1. The summed E-state index contributed by atoms with van der Waals surface area (Å²) in [5.74, 6) is -2.42. The molecule has 5 heteroatoms. The first-order valence-corrected chi connectivity index (χ1v) is 5.07. The van der Waals surface area contributed by atoms with E-state index in [0.29, 0.717) is 5.56 Å². The fourth-order valence-corrected chi connectivity index (χ4v) is 1.43. The normalized spacial score (nSPS) is 11.6. The third-order valence-corrected chi connectivity index (χ3v) is 2.26. The molecule has 0 aliphatic carbocycles. The quantitative estimate of drug-likeness (QED) is 0.433. The standard InChI is InChI=1S/C12H13NO4/c1-8(14)7-10(12(16)17-2)11(15)9-3-5-13-6-4-9/h3-6,10H,7H2,1-2H3. The van der Waals surface area contributed by atoms with Gasteiger partial charge in [-0.05, 0) is 19.1 Å². The molecule has 17 heavy (non-hydrogen) atoms. The van der Waals surface area contributed by atoms with Gasteiger partial charge >= 0.3 is 5.97 Å². The summed E-state index contributed by atoms with van der Waals surface area (Å²) < 4.78 is 4.53. The molecule has 0 amide bonds. The minimum Gasteiger partial charge on any atom is -0.468 e. The van der Waals surface area contributed by atoms with Gasteiger partial charge in [0, 0.05) is 24.4 Å². The SMILES string of the molecule is COC(=O)C(CC(C)=O)C(=O)c1ccncc1. The maximum Gasteiger partial charge on any atom is 0.317 e. The van der Waals surface area contributed by atoms with Crippen LogP contribution in [0.5, 0.6) is 0 Å². The number of methoxy groups -OCH3 is 1. The van der Waals surface area contributed by atoms with E-state index in [-0.39, 0.29) is 12.2 Å². The van der Waals surface area contributed by atoms with Crippen molar-refractivity contribution in [2.75, 3.05) is 7.11 Å². The number of carbonyl (C=O) groups is 3. The van der Waals surface area contributed by atoms with Crippen LogP contribution in [0.1, 0.15) is 23.7 Å². The Labute approximate surface area is 98.8 Å². The summed E-state index contributed by atoms with van der Waals surface area (Å²) in [5, 5.41) is 0. The third-order valence-electron chi connectivity index (χ3n) is 2.26. The van der Waals surface area contributed by atoms with Crippen molar-refractivity contribution in [1.82, 2.24) is 4.98 Å². The highest BCUT2D eigenvalue weighted by molar-refractivity contribution is 6.10. The lowest BCUT2D eigenvalue weighted by Gasteiger charge is -2.11. The van der Waals surface area contributed by atoms with Gasteiger partial charge in [0.25, 0.3) is 0 Å². The number of hydrogen-bond donors (Lipinski definition) is 0. The Kier molecular flexibility index (Phi) is 4.51. The highest BCUT2D eigenvalue weighted by Crippen LogP contribution is 2.14. The minimum atomic E-state index is -1.07. The van der Waals surface area contributed by atoms with E-state index in [1.54, 1.807) is 0 Å². The van der Waals surface area contributed by atoms with Crippen molar-refractivity contribution in [2.24, 2.45) is 5.92 Å². The van der Waals surface area contributed by atoms with Crippen molar-refractivity contribution in [2.45, 2.75) is 13.3 Å². The maximum absolute atomic E-state index is 12.0. The zero-order valence-corrected chi connectivity index (χ0v) is 9.67. The van der Waals surface area contributed by atoms with E-state index in [1.165, 1.54) is 38.6 Å². The van der Waals surface area contributed by atoms with Crippen LogP contribution in [0, 0.1) is 5.92 Å². The molecule has 0 aromatic carbocycles. The molecule has 5 nitrogen and oxygen atoms in total. The number of ketones is 2. The van der Waals surface area contributed by atoms with Crippen LogP contribution >= 0.6 is 0 Å². The van der Waals surface area contributed by atoms with Crippen LogP contribution in [0.4, 0.5) is 0 Å². The maximum atomic E-state index is 12.0. The summed E-state index contributed by atoms with van der Waals surface area (Å²) in [5.41, 5.74) is 0.344. The van der Waals surface area contributed by atoms with Crippen molar-refractivity contribution >= 4 is 17.5 Å². The average Bonchev–Trinajstić information content (AvgIpc) is 2.35. The molecule has 0 radical (unpaired) electrons. The van der Waals surface area contributed by atoms with Crippen LogP contribution in [0.15, 0.2) is 24.5 Å². The van der Waals surface area contributed by atoms with Gasteiger partial charge in [-0.15, -0.1) is 0 Å². The topological polar surface area (TPSA) is 73.3 Å². The van der Waals surface area contributed by atoms with Gasteiger partial charge in [-0.1, -0.05) is 0 Å². The van der Waals surface area contributed by atoms with Crippen LogP contribution in [0.25, 0.3) is 0 Å². The molecule has 1 atom stereocenters. The first kappa shape index (κ1) is 13.0. The van der Waals surface area contributed by atoms with Crippen LogP contribution in [0.2, 0.25) is 0 Å². The summed E-state index contributed by atoms with van der Waals surface area (Å²) in [6.07, 6.45) is 2.76. The molecule has 0 fully saturated rings. The van der Waals surface area contributed by atoms with Gasteiger partial charge < -0.3 is 4.74 Å². The van der Waals surface area contributed by atoms with Crippen LogP contribution in [0.3, 0.4) is 0 Å². The summed E-state index contributed by atoms with van der Waals surface area (Å²) in [7, 11) is 1.19. The first-order valence-electron chi connectivity index (χ1n) is 5.07. The van der Waals surface area contributed by atoms with E-state index in [4.69, 9.17) is 0 Å². The van der Waals surface area contributed by atoms with Gasteiger partial charge in [-0.3, -0.25) is 19.4 Å². The smallest absolute Gasteiger partial charge is 0.317 e. The molecule has 0 saturated heterocycles. The Hall–Kier alpha value is -2.04. The highest BCUT2D eigenvalue weighted by atomic mass is 16.5. The zero-order valence-electron chi connectivity index (χ0n) is 9.67. The van der Waals surface area contributed by atoms with Crippen LogP contribution in [-0.2, 0) is 14.3 Å². The molecule has 1 aromatic heterocycles. The van der Waals surface area contributed by atoms with Gasteiger partial charge in [0.15, 0.2) is 5.78 Å². The van der Waals surface area contributed by atoms with Crippen LogP contribution in [-0.4, -0.2) is 29.6 Å². The van der Waals surface area contributed by atoms with E-state index in [0.717, 1.165) is 0 Å². The largest absolute Gasteiger partial charge is 0.468 e. The Morgan fingerprint density at radius 3 is 2.35 bits per heavy atom. The van der Waals surface area contributed by atoms with E-state index in [1.807, 2.05) is 0 Å². The molecular formula is C12H13NO4. The fourth-order valence-electron chi connectivity index (χ4n) is 1.43. The minimum absolute atomic E-state index is 0.145. The van der Waals surface area contributed by atoms with E-state index >= 15 is 0 Å². The van der Waals surface area contributed by atoms with E-state index in [2.05, 4.69) is 9.72 Å². The number of hydrogen-bond acceptors (Lipinski definition) is 5. The fraction of sp³-hybridized carbons (Fsp3) is 0.333. The van der Waals surface area contributed by atoms with Gasteiger partial charge in [-0.25, -0.2) is 0 Å². The predicted molar refractivity (Wildman–Crippen MR) is 59.4 cm³/mol. The number of ether oxygens (including phenoxy) is 1. The summed E-state index contributed by atoms with van der Waals surface area (Å²) in [6.45, 7) is 1.33. The van der Waals surface area contributed by atoms with Crippen molar-refractivity contribution in [3.05, 3.63) is 30.1 Å². The molecule has 1 aromatic rings. The van der Waals surface area contributed by atoms with Crippen molar-refractivity contribution in [3.63, 3.8) is 0 Å². The molecule has 1 unspecified atom stereocenters. The van der Waals surface area contributed by atoms with E-state index in [9.17, 15) is 14.4 Å². The molecule has 0 aliphatic rings.